The molecule has 1 heteroatoms. The molecule has 0 N–H and O–H groups in total. The van der Waals surface area contributed by atoms with Crippen molar-refractivity contribution in [2.75, 3.05) is 11.4 Å². The molecule has 0 radical (unpaired) electrons. The van der Waals surface area contributed by atoms with E-state index in [-0.39, 0.29) is 0 Å². The van der Waals surface area contributed by atoms with Crippen molar-refractivity contribution in [1.29, 1.82) is 0 Å². The van der Waals surface area contributed by atoms with E-state index in [1.807, 2.05) is 0 Å². The van der Waals surface area contributed by atoms with Gasteiger partial charge in [-0.1, -0.05) is 45.0 Å². The maximum Gasteiger partial charge on any atom is 0.0405 e. The Morgan fingerprint density at radius 1 is 1.00 bits per heavy atom. The molecule has 2 aliphatic rings. The van der Waals surface area contributed by atoms with Gasteiger partial charge in [0.25, 0.3) is 0 Å². The van der Waals surface area contributed by atoms with Crippen LogP contribution < -0.4 is 4.90 Å². The van der Waals surface area contributed by atoms with Crippen LogP contribution in [-0.4, -0.2) is 12.6 Å². The average Bonchev–Trinajstić information content (AvgIpc) is 3.02. The Morgan fingerprint density at radius 2 is 1.79 bits per heavy atom. The summed E-state index contributed by atoms with van der Waals surface area (Å²) in [4.78, 5) is 2.55. The third kappa shape index (κ3) is 2.13. The molecular formula is C23H29N. The molecule has 2 aromatic carbocycles. The highest BCUT2D eigenvalue weighted by Crippen LogP contribution is 2.46. The Kier molecular flexibility index (Phi) is 3.71. The molecule has 2 aromatic rings. The van der Waals surface area contributed by atoms with Crippen molar-refractivity contribution in [2.24, 2.45) is 5.92 Å². The van der Waals surface area contributed by atoms with Crippen LogP contribution in [0.1, 0.15) is 63.1 Å². The van der Waals surface area contributed by atoms with Gasteiger partial charge in [0, 0.05) is 24.2 Å². The lowest BCUT2D eigenvalue weighted by Crippen LogP contribution is -2.30. The van der Waals surface area contributed by atoms with Crippen molar-refractivity contribution in [2.45, 2.75) is 58.9 Å². The molecule has 126 valence electrons. The molecule has 0 aromatic heterocycles. The average molecular weight is 319 g/mol. The predicted octanol–water partition coefficient (Wildman–Crippen LogP) is 5.98. The first-order valence-electron chi connectivity index (χ1n) is 9.55. The molecule has 0 bridgehead atoms. The van der Waals surface area contributed by atoms with Gasteiger partial charge < -0.3 is 4.90 Å². The SMILES string of the molecule is CCN1c2ccc(-c3cccc4c3[C@H](C)[C@H](C)C4)cc2[C@H](C)[C@@H]1C. The molecule has 4 atom stereocenters. The van der Waals surface area contributed by atoms with E-state index in [0.717, 1.165) is 12.5 Å². The summed E-state index contributed by atoms with van der Waals surface area (Å²) in [5.74, 6) is 2.02. The van der Waals surface area contributed by atoms with E-state index in [2.05, 4.69) is 75.9 Å². The Bertz CT molecular complexity index is 776. The second-order valence-electron chi connectivity index (χ2n) is 7.94. The van der Waals surface area contributed by atoms with Crippen LogP contribution in [0.2, 0.25) is 0 Å². The highest BCUT2D eigenvalue weighted by Gasteiger charge is 2.33. The van der Waals surface area contributed by atoms with Crippen LogP contribution in [0.25, 0.3) is 11.1 Å². The molecule has 24 heavy (non-hydrogen) atoms. The fraction of sp³-hybridized carbons (Fsp3) is 0.478. The number of nitrogens with zero attached hydrogens (tertiary/aromatic N) is 1. The van der Waals surface area contributed by atoms with Gasteiger partial charge in [-0.2, -0.15) is 0 Å². The molecular weight excluding hydrogens is 290 g/mol. The van der Waals surface area contributed by atoms with Gasteiger partial charge in [0.15, 0.2) is 0 Å². The van der Waals surface area contributed by atoms with Gasteiger partial charge in [-0.25, -0.2) is 0 Å². The van der Waals surface area contributed by atoms with Crippen molar-refractivity contribution in [3.8, 4) is 11.1 Å². The normalized spacial score (nSPS) is 28.1. The minimum atomic E-state index is 0.598. The Labute approximate surface area is 146 Å². The van der Waals surface area contributed by atoms with E-state index in [4.69, 9.17) is 0 Å². The first-order valence-corrected chi connectivity index (χ1v) is 9.55. The monoisotopic (exact) mass is 319 g/mol. The lowest BCUT2D eigenvalue weighted by molar-refractivity contribution is 0.532. The summed E-state index contributed by atoms with van der Waals surface area (Å²) in [6, 6.07) is 14.7. The topological polar surface area (TPSA) is 3.24 Å². The van der Waals surface area contributed by atoms with Crippen LogP contribution >= 0.6 is 0 Å². The minimum Gasteiger partial charge on any atom is -0.368 e. The zero-order chi connectivity index (χ0) is 17.0. The summed E-state index contributed by atoms with van der Waals surface area (Å²) >= 11 is 0. The summed E-state index contributed by atoms with van der Waals surface area (Å²) in [6.07, 6.45) is 1.23. The predicted molar refractivity (Wildman–Crippen MR) is 104 cm³/mol. The van der Waals surface area contributed by atoms with Crippen molar-refractivity contribution in [3.63, 3.8) is 0 Å². The van der Waals surface area contributed by atoms with Crippen molar-refractivity contribution < 1.29 is 0 Å². The van der Waals surface area contributed by atoms with Gasteiger partial charge >= 0.3 is 0 Å². The lowest BCUT2D eigenvalue weighted by Gasteiger charge is -2.24. The van der Waals surface area contributed by atoms with Crippen LogP contribution in [0.5, 0.6) is 0 Å². The zero-order valence-electron chi connectivity index (χ0n) is 15.6. The van der Waals surface area contributed by atoms with Crippen LogP contribution in [0.4, 0.5) is 5.69 Å². The van der Waals surface area contributed by atoms with Crippen molar-refractivity contribution in [1.82, 2.24) is 0 Å². The number of benzene rings is 2. The van der Waals surface area contributed by atoms with E-state index < -0.39 is 0 Å². The third-order valence-corrected chi connectivity index (χ3v) is 6.74. The minimum absolute atomic E-state index is 0.598. The molecule has 0 amide bonds. The molecule has 0 unspecified atom stereocenters. The Balaban J connectivity index is 1.83. The second-order valence-corrected chi connectivity index (χ2v) is 7.94. The quantitative estimate of drug-likeness (QED) is 0.658. The molecule has 0 spiro atoms. The number of fused-ring (bicyclic) bond motifs is 2. The molecule has 1 aliphatic carbocycles. The molecule has 1 heterocycles. The summed E-state index contributed by atoms with van der Waals surface area (Å²) < 4.78 is 0. The van der Waals surface area contributed by atoms with E-state index >= 15 is 0 Å². The largest absolute Gasteiger partial charge is 0.368 e. The van der Waals surface area contributed by atoms with Crippen LogP contribution in [0, 0.1) is 5.92 Å². The lowest BCUT2D eigenvalue weighted by atomic mass is 9.88. The van der Waals surface area contributed by atoms with E-state index in [0.29, 0.717) is 17.9 Å². The summed E-state index contributed by atoms with van der Waals surface area (Å²) in [6.45, 7) is 12.9. The maximum absolute atomic E-state index is 2.55. The van der Waals surface area contributed by atoms with E-state index in [1.54, 1.807) is 11.1 Å². The van der Waals surface area contributed by atoms with Crippen LogP contribution in [0.3, 0.4) is 0 Å². The molecule has 4 rings (SSSR count). The molecule has 0 saturated carbocycles. The van der Waals surface area contributed by atoms with Crippen molar-refractivity contribution >= 4 is 5.69 Å². The number of hydrogen-bond donors (Lipinski definition) is 0. The van der Waals surface area contributed by atoms with Gasteiger partial charge in [-0.3, -0.25) is 0 Å². The summed E-state index contributed by atoms with van der Waals surface area (Å²) in [5.41, 5.74) is 8.99. The first-order chi connectivity index (χ1) is 11.5. The third-order valence-electron chi connectivity index (χ3n) is 6.74. The van der Waals surface area contributed by atoms with Gasteiger partial charge in [0.2, 0.25) is 0 Å². The van der Waals surface area contributed by atoms with Gasteiger partial charge in [0.05, 0.1) is 0 Å². The van der Waals surface area contributed by atoms with Crippen LogP contribution in [0.15, 0.2) is 36.4 Å². The number of anilines is 1. The Morgan fingerprint density at radius 3 is 2.54 bits per heavy atom. The molecule has 0 saturated heterocycles. The van der Waals surface area contributed by atoms with Gasteiger partial charge in [-0.05, 0) is 72.1 Å². The molecule has 1 nitrogen and oxygen atoms in total. The maximum atomic E-state index is 2.55. The summed E-state index contributed by atoms with van der Waals surface area (Å²) in [7, 11) is 0. The van der Waals surface area contributed by atoms with Crippen molar-refractivity contribution in [3.05, 3.63) is 53.1 Å². The molecule has 1 aliphatic heterocycles. The van der Waals surface area contributed by atoms with E-state index in [1.165, 1.54) is 28.8 Å². The smallest absolute Gasteiger partial charge is 0.0405 e. The van der Waals surface area contributed by atoms with Gasteiger partial charge in [0.1, 0.15) is 0 Å². The van der Waals surface area contributed by atoms with Crippen LogP contribution in [-0.2, 0) is 6.42 Å². The standard InChI is InChI=1S/C23H29N/c1-6-24-17(5)16(4)21-13-18(10-11-22(21)24)20-9-7-8-19-12-14(2)15(3)23(19)20/h7-11,13-17H,6,12H2,1-5H3/t14-,15-,16-,17+/m1/s1. The van der Waals surface area contributed by atoms with Gasteiger partial charge in [-0.15, -0.1) is 0 Å². The number of rotatable bonds is 2. The molecule has 0 fully saturated rings. The zero-order valence-corrected chi connectivity index (χ0v) is 15.6. The highest BCUT2D eigenvalue weighted by atomic mass is 15.2. The fourth-order valence-corrected chi connectivity index (χ4v) is 4.94. The second kappa shape index (κ2) is 5.65. The number of hydrogen-bond acceptors (Lipinski definition) is 1. The highest BCUT2D eigenvalue weighted by molar-refractivity contribution is 5.75. The fourth-order valence-electron chi connectivity index (χ4n) is 4.94. The number of likely N-dealkylation sites (N-methyl/N-ethyl adjacent to an activating group) is 1. The van der Waals surface area contributed by atoms with E-state index in [9.17, 15) is 0 Å². The first kappa shape index (κ1) is 15.7. The summed E-state index contributed by atoms with van der Waals surface area (Å²) in [5, 5.41) is 0. The Hall–Kier alpha value is -1.76.